The lowest BCUT2D eigenvalue weighted by Crippen LogP contribution is -2.22. The number of ether oxygens (including phenoxy) is 1. The Balaban J connectivity index is 1.94. The molecule has 1 aromatic rings. The minimum absolute atomic E-state index is 0.0937. The molecule has 1 aromatic carbocycles. The van der Waals surface area contributed by atoms with Crippen LogP contribution < -0.4 is 0 Å². The van der Waals surface area contributed by atoms with Gasteiger partial charge in [0.15, 0.2) is 0 Å². The van der Waals surface area contributed by atoms with Crippen molar-refractivity contribution in [1.29, 1.82) is 5.26 Å². The Morgan fingerprint density at radius 3 is 3.00 bits per heavy atom. The Kier molecular flexibility index (Phi) is 4.93. The zero-order valence-corrected chi connectivity index (χ0v) is 11.4. The topological polar surface area (TPSA) is 33.0 Å². The fourth-order valence-corrected chi connectivity index (χ4v) is 2.75. The van der Waals surface area contributed by atoms with Crippen LogP contribution in [0.15, 0.2) is 18.2 Å². The molecular formula is C16H20FNO. The van der Waals surface area contributed by atoms with E-state index in [4.69, 9.17) is 10.00 Å². The molecule has 0 bridgehead atoms. The molecule has 0 saturated heterocycles. The van der Waals surface area contributed by atoms with Crippen LogP contribution in [0.2, 0.25) is 0 Å². The lowest BCUT2D eigenvalue weighted by molar-refractivity contribution is 0.000648. The standard InChI is InChI=1S/C16H20FNO/c1-2-12-5-3-8-15(9-12)19-11-14-7-4-6-13(10-18)16(14)17/h4,6-7,12,15H,2-3,5,8-9,11H2,1H3. The summed E-state index contributed by atoms with van der Waals surface area (Å²) in [6.07, 6.45) is 6.06. The first kappa shape index (κ1) is 14.0. The molecule has 0 radical (unpaired) electrons. The molecule has 0 N–H and O–H groups in total. The highest BCUT2D eigenvalue weighted by Crippen LogP contribution is 2.29. The molecule has 0 aromatic heterocycles. The molecule has 2 rings (SSSR count). The van der Waals surface area contributed by atoms with Crippen LogP contribution in [-0.4, -0.2) is 6.10 Å². The Morgan fingerprint density at radius 1 is 1.42 bits per heavy atom. The largest absolute Gasteiger partial charge is 0.373 e. The van der Waals surface area contributed by atoms with Crippen LogP contribution in [0, 0.1) is 23.1 Å². The highest BCUT2D eigenvalue weighted by atomic mass is 19.1. The van der Waals surface area contributed by atoms with E-state index in [1.807, 2.05) is 6.07 Å². The number of rotatable bonds is 4. The van der Waals surface area contributed by atoms with Crippen molar-refractivity contribution in [2.75, 3.05) is 0 Å². The van der Waals surface area contributed by atoms with Crippen molar-refractivity contribution < 1.29 is 9.13 Å². The minimum atomic E-state index is -0.437. The van der Waals surface area contributed by atoms with E-state index < -0.39 is 5.82 Å². The van der Waals surface area contributed by atoms with Gasteiger partial charge in [-0.25, -0.2) is 4.39 Å². The molecule has 102 valence electrons. The van der Waals surface area contributed by atoms with Crippen LogP contribution in [0.1, 0.15) is 50.2 Å². The number of benzene rings is 1. The van der Waals surface area contributed by atoms with Gasteiger partial charge in [0.25, 0.3) is 0 Å². The van der Waals surface area contributed by atoms with Crippen molar-refractivity contribution in [2.45, 2.75) is 51.7 Å². The Labute approximate surface area is 114 Å². The van der Waals surface area contributed by atoms with E-state index in [0.717, 1.165) is 18.8 Å². The molecule has 1 aliphatic carbocycles. The first-order chi connectivity index (χ1) is 9.24. The number of halogens is 1. The third-order valence-corrected chi connectivity index (χ3v) is 3.99. The molecule has 1 aliphatic rings. The summed E-state index contributed by atoms with van der Waals surface area (Å²) in [5.74, 6) is 0.307. The van der Waals surface area contributed by atoms with E-state index >= 15 is 0 Å². The highest BCUT2D eigenvalue weighted by molar-refractivity contribution is 5.34. The number of hydrogen-bond acceptors (Lipinski definition) is 2. The minimum Gasteiger partial charge on any atom is -0.373 e. The molecule has 3 heteroatoms. The molecular weight excluding hydrogens is 241 g/mol. The molecule has 19 heavy (non-hydrogen) atoms. The zero-order valence-electron chi connectivity index (χ0n) is 11.4. The molecule has 2 unspecified atom stereocenters. The predicted molar refractivity (Wildman–Crippen MR) is 71.9 cm³/mol. The maximum absolute atomic E-state index is 13.9. The number of nitriles is 1. The van der Waals surface area contributed by atoms with E-state index in [1.54, 1.807) is 12.1 Å². The summed E-state index contributed by atoms with van der Waals surface area (Å²) in [7, 11) is 0. The van der Waals surface area contributed by atoms with Crippen molar-refractivity contribution in [3.63, 3.8) is 0 Å². The van der Waals surface area contributed by atoms with Gasteiger partial charge in [-0.1, -0.05) is 38.3 Å². The van der Waals surface area contributed by atoms with Crippen LogP contribution in [0.3, 0.4) is 0 Å². The van der Waals surface area contributed by atoms with Gasteiger partial charge >= 0.3 is 0 Å². The van der Waals surface area contributed by atoms with Crippen LogP contribution in [-0.2, 0) is 11.3 Å². The van der Waals surface area contributed by atoms with Gasteiger partial charge in [-0.2, -0.15) is 5.26 Å². The smallest absolute Gasteiger partial charge is 0.146 e. The van der Waals surface area contributed by atoms with Gasteiger partial charge in [0.05, 0.1) is 18.3 Å². The summed E-state index contributed by atoms with van der Waals surface area (Å²) in [5.41, 5.74) is 0.578. The first-order valence-corrected chi connectivity index (χ1v) is 7.03. The third-order valence-electron chi connectivity index (χ3n) is 3.99. The highest BCUT2D eigenvalue weighted by Gasteiger charge is 2.21. The van der Waals surface area contributed by atoms with E-state index in [9.17, 15) is 4.39 Å². The van der Waals surface area contributed by atoms with Crippen LogP contribution in [0.4, 0.5) is 4.39 Å². The van der Waals surface area contributed by atoms with Gasteiger partial charge in [0.1, 0.15) is 11.9 Å². The summed E-state index contributed by atoms with van der Waals surface area (Å²) in [6, 6.07) is 6.75. The van der Waals surface area contributed by atoms with E-state index in [1.165, 1.54) is 25.3 Å². The van der Waals surface area contributed by atoms with Crippen LogP contribution in [0.25, 0.3) is 0 Å². The Morgan fingerprint density at radius 2 is 2.26 bits per heavy atom. The molecule has 2 atom stereocenters. The second-order valence-corrected chi connectivity index (χ2v) is 5.26. The van der Waals surface area contributed by atoms with Crippen molar-refractivity contribution in [1.82, 2.24) is 0 Å². The van der Waals surface area contributed by atoms with E-state index in [-0.39, 0.29) is 18.3 Å². The molecule has 1 fully saturated rings. The maximum Gasteiger partial charge on any atom is 0.146 e. The number of nitrogens with zero attached hydrogens (tertiary/aromatic N) is 1. The van der Waals surface area contributed by atoms with Crippen molar-refractivity contribution in [3.8, 4) is 6.07 Å². The van der Waals surface area contributed by atoms with Crippen LogP contribution in [0.5, 0.6) is 0 Å². The maximum atomic E-state index is 13.9. The molecule has 0 aliphatic heterocycles. The van der Waals surface area contributed by atoms with Crippen molar-refractivity contribution >= 4 is 0 Å². The Bertz CT molecular complexity index is 466. The van der Waals surface area contributed by atoms with Crippen molar-refractivity contribution in [3.05, 3.63) is 35.1 Å². The average Bonchev–Trinajstić information content (AvgIpc) is 2.46. The molecule has 0 amide bonds. The zero-order chi connectivity index (χ0) is 13.7. The summed E-state index contributed by atoms with van der Waals surface area (Å²) in [4.78, 5) is 0. The molecule has 1 saturated carbocycles. The monoisotopic (exact) mass is 261 g/mol. The normalized spacial score (nSPS) is 23.0. The second-order valence-electron chi connectivity index (χ2n) is 5.26. The van der Waals surface area contributed by atoms with E-state index in [2.05, 4.69) is 6.92 Å². The SMILES string of the molecule is CCC1CCCC(OCc2cccc(C#N)c2F)C1. The lowest BCUT2D eigenvalue weighted by Gasteiger charge is -2.28. The fourth-order valence-electron chi connectivity index (χ4n) is 2.75. The first-order valence-electron chi connectivity index (χ1n) is 7.03. The fraction of sp³-hybridized carbons (Fsp3) is 0.562. The summed E-state index contributed by atoms with van der Waals surface area (Å²) < 4.78 is 19.7. The average molecular weight is 261 g/mol. The van der Waals surface area contributed by atoms with Crippen LogP contribution >= 0.6 is 0 Å². The number of hydrogen-bond donors (Lipinski definition) is 0. The quantitative estimate of drug-likeness (QED) is 0.814. The summed E-state index contributed by atoms with van der Waals surface area (Å²) in [6.45, 7) is 2.48. The van der Waals surface area contributed by atoms with Crippen molar-refractivity contribution in [2.24, 2.45) is 5.92 Å². The van der Waals surface area contributed by atoms with Gasteiger partial charge in [-0.05, 0) is 24.8 Å². The summed E-state index contributed by atoms with van der Waals surface area (Å²) in [5, 5.41) is 8.80. The second kappa shape index (κ2) is 6.68. The lowest BCUT2D eigenvalue weighted by atomic mass is 9.85. The third kappa shape index (κ3) is 3.54. The molecule has 0 spiro atoms. The van der Waals surface area contributed by atoms with E-state index in [0.29, 0.717) is 5.56 Å². The van der Waals surface area contributed by atoms with Gasteiger partial charge in [0, 0.05) is 5.56 Å². The van der Waals surface area contributed by atoms with Gasteiger partial charge in [0.2, 0.25) is 0 Å². The predicted octanol–water partition coefficient (Wildman–Crippen LogP) is 4.18. The van der Waals surface area contributed by atoms with Gasteiger partial charge in [-0.3, -0.25) is 0 Å². The molecule has 0 heterocycles. The Hall–Kier alpha value is -1.40. The van der Waals surface area contributed by atoms with Gasteiger partial charge < -0.3 is 4.74 Å². The summed E-state index contributed by atoms with van der Waals surface area (Å²) >= 11 is 0. The van der Waals surface area contributed by atoms with Gasteiger partial charge in [-0.15, -0.1) is 0 Å². The molecule has 2 nitrogen and oxygen atoms in total.